The standard InChI is InChI=1S/C27H44O3/c1-18-8-12-22(28)17-21(18)11-10-20-7-6-16-27(5)23(13-14-24(20)27)19(2)9-15-25(29)26(3,4)30/h10-11,19,22-25,28-30H,1,6-9,12-17H2,2-5H3/b20-10+,21-11-/t19-,22-,23+,24+,25+,27-/m0/s1. The van der Waals surface area contributed by atoms with E-state index in [1.54, 1.807) is 19.4 Å². The number of rotatable bonds is 6. The molecule has 0 bridgehead atoms. The van der Waals surface area contributed by atoms with E-state index in [0.717, 1.165) is 25.7 Å². The molecule has 3 saturated carbocycles. The molecule has 0 aliphatic heterocycles. The van der Waals surface area contributed by atoms with Crippen molar-refractivity contribution in [2.75, 3.05) is 0 Å². The van der Waals surface area contributed by atoms with Crippen molar-refractivity contribution in [1.82, 2.24) is 0 Å². The van der Waals surface area contributed by atoms with Crippen LogP contribution in [0.15, 0.2) is 35.5 Å². The molecule has 3 nitrogen and oxygen atoms in total. The van der Waals surface area contributed by atoms with Crippen molar-refractivity contribution in [3.63, 3.8) is 0 Å². The minimum Gasteiger partial charge on any atom is -0.393 e. The summed E-state index contributed by atoms with van der Waals surface area (Å²) in [5.41, 5.74) is 3.34. The van der Waals surface area contributed by atoms with Crippen molar-refractivity contribution in [1.29, 1.82) is 0 Å². The SMILES string of the molecule is C=C1CC[C@H](O)C/C1=C/C=C1\CCC[C@]2(C)[C@@H]1CC[C@@H]2[C@@H](C)CC[C@@H](O)C(C)(C)O. The summed E-state index contributed by atoms with van der Waals surface area (Å²) < 4.78 is 0. The Bertz CT molecular complexity index is 683. The van der Waals surface area contributed by atoms with Crippen molar-refractivity contribution in [2.24, 2.45) is 23.2 Å². The fourth-order valence-corrected chi connectivity index (χ4v) is 6.58. The third kappa shape index (κ3) is 5.11. The summed E-state index contributed by atoms with van der Waals surface area (Å²) in [4.78, 5) is 0. The highest BCUT2D eigenvalue weighted by Gasteiger charge is 2.50. The van der Waals surface area contributed by atoms with Crippen LogP contribution in [0.3, 0.4) is 0 Å². The Hall–Kier alpha value is -0.900. The summed E-state index contributed by atoms with van der Waals surface area (Å²) in [6.07, 6.45) is 14.1. The Morgan fingerprint density at radius 1 is 1.17 bits per heavy atom. The Morgan fingerprint density at radius 2 is 1.90 bits per heavy atom. The molecule has 0 aromatic rings. The molecule has 0 unspecified atom stereocenters. The van der Waals surface area contributed by atoms with Crippen LogP contribution < -0.4 is 0 Å². The molecule has 0 aromatic carbocycles. The highest BCUT2D eigenvalue weighted by molar-refractivity contribution is 5.36. The van der Waals surface area contributed by atoms with E-state index in [4.69, 9.17) is 0 Å². The van der Waals surface area contributed by atoms with E-state index in [9.17, 15) is 15.3 Å². The number of aliphatic hydroxyl groups excluding tert-OH is 2. The third-order valence-electron chi connectivity index (χ3n) is 8.62. The van der Waals surface area contributed by atoms with Gasteiger partial charge >= 0.3 is 0 Å². The second kappa shape index (κ2) is 9.30. The summed E-state index contributed by atoms with van der Waals surface area (Å²) >= 11 is 0. The van der Waals surface area contributed by atoms with Gasteiger partial charge in [-0.2, -0.15) is 0 Å². The van der Waals surface area contributed by atoms with E-state index in [2.05, 4.69) is 32.6 Å². The van der Waals surface area contributed by atoms with Gasteiger partial charge in [0.25, 0.3) is 0 Å². The largest absolute Gasteiger partial charge is 0.393 e. The van der Waals surface area contributed by atoms with E-state index < -0.39 is 11.7 Å². The quantitative estimate of drug-likeness (QED) is 0.520. The molecule has 3 rings (SSSR count). The van der Waals surface area contributed by atoms with Crippen molar-refractivity contribution < 1.29 is 15.3 Å². The van der Waals surface area contributed by atoms with Crippen molar-refractivity contribution in [3.8, 4) is 0 Å². The summed E-state index contributed by atoms with van der Waals surface area (Å²) in [7, 11) is 0. The topological polar surface area (TPSA) is 60.7 Å². The second-order valence-corrected chi connectivity index (χ2v) is 11.3. The smallest absolute Gasteiger partial charge is 0.0849 e. The maximum Gasteiger partial charge on any atom is 0.0849 e. The fourth-order valence-electron chi connectivity index (χ4n) is 6.58. The Balaban J connectivity index is 1.69. The summed E-state index contributed by atoms with van der Waals surface area (Å²) in [5, 5.41) is 30.3. The maximum absolute atomic E-state index is 10.3. The first-order valence-corrected chi connectivity index (χ1v) is 12.2. The fraction of sp³-hybridized carbons (Fsp3) is 0.778. The van der Waals surface area contributed by atoms with Gasteiger partial charge in [-0.15, -0.1) is 0 Å². The lowest BCUT2D eigenvalue weighted by Crippen LogP contribution is -2.38. The van der Waals surface area contributed by atoms with Gasteiger partial charge in [-0.25, -0.2) is 0 Å². The normalized spacial score (nSPS) is 37.4. The van der Waals surface area contributed by atoms with Gasteiger partial charge in [-0.3, -0.25) is 0 Å². The highest BCUT2D eigenvalue weighted by Crippen LogP contribution is 2.60. The van der Waals surface area contributed by atoms with Gasteiger partial charge in [-0.1, -0.05) is 43.7 Å². The van der Waals surface area contributed by atoms with Crippen LogP contribution in [-0.4, -0.2) is 33.1 Å². The highest BCUT2D eigenvalue weighted by atomic mass is 16.3. The maximum atomic E-state index is 10.3. The molecule has 3 fully saturated rings. The zero-order valence-electron chi connectivity index (χ0n) is 19.7. The molecular weight excluding hydrogens is 372 g/mol. The summed E-state index contributed by atoms with van der Waals surface area (Å²) in [6.45, 7) is 12.5. The van der Waals surface area contributed by atoms with Gasteiger partial charge < -0.3 is 15.3 Å². The third-order valence-corrected chi connectivity index (χ3v) is 8.62. The van der Waals surface area contributed by atoms with Crippen LogP contribution in [0.4, 0.5) is 0 Å². The molecule has 3 N–H and O–H groups in total. The predicted octanol–water partition coefficient (Wildman–Crippen LogP) is 5.70. The molecule has 0 saturated heterocycles. The molecule has 0 heterocycles. The molecule has 30 heavy (non-hydrogen) atoms. The summed E-state index contributed by atoms with van der Waals surface area (Å²) in [6, 6.07) is 0. The molecule has 0 spiro atoms. The number of fused-ring (bicyclic) bond motifs is 1. The first-order valence-electron chi connectivity index (χ1n) is 12.2. The average molecular weight is 417 g/mol. The second-order valence-electron chi connectivity index (χ2n) is 11.3. The van der Waals surface area contributed by atoms with E-state index in [1.807, 2.05) is 0 Å². The minimum absolute atomic E-state index is 0.215. The van der Waals surface area contributed by atoms with Gasteiger partial charge in [0.05, 0.1) is 17.8 Å². The van der Waals surface area contributed by atoms with Crippen LogP contribution in [-0.2, 0) is 0 Å². The van der Waals surface area contributed by atoms with Crippen LogP contribution in [0, 0.1) is 23.2 Å². The number of aliphatic hydroxyl groups is 3. The van der Waals surface area contributed by atoms with Crippen molar-refractivity contribution in [2.45, 2.75) is 110 Å². The van der Waals surface area contributed by atoms with E-state index in [1.165, 1.54) is 43.3 Å². The minimum atomic E-state index is -1.02. The molecule has 170 valence electrons. The molecule has 0 amide bonds. The predicted molar refractivity (Wildman–Crippen MR) is 124 cm³/mol. The molecule has 3 aliphatic rings. The van der Waals surface area contributed by atoms with Crippen LogP contribution in [0.5, 0.6) is 0 Å². The van der Waals surface area contributed by atoms with Gasteiger partial charge in [0.15, 0.2) is 0 Å². The lowest BCUT2D eigenvalue weighted by atomic mass is 9.60. The summed E-state index contributed by atoms with van der Waals surface area (Å²) in [5.74, 6) is 1.89. The number of hydrogen-bond acceptors (Lipinski definition) is 3. The van der Waals surface area contributed by atoms with Crippen LogP contribution in [0.1, 0.15) is 91.9 Å². The average Bonchev–Trinajstić information content (AvgIpc) is 3.03. The molecule has 3 aliphatic carbocycles. The van der Waals surface area contributed by atoms with Gasteiger partial charge in [0, 0.05) is 0 Å². The van der Waals surface area contributed by atoms with Crippen LogP contribution >= 0.6 is 0 Å². The lowest BCUT2D eigenvalue weighted by molar-refractivity contribution is -0.0554. The zero-order valence-corrected chi connectivity index (χ0v) is 19.7. The van der Waals surface area contributed by atoms with Crippen molar-refractivity contribution in [3.05, 3.63) is 35.5 Å². The molecule has 0 aromatic heterocycles. The van der Waals surface area contributed by atoms with Gasteiger partial charge in [0.1, 0.15) is 0 Å². The van der Waals surface area contributed by atoms with Crippen molar-refractivity contribution >= 4 is 0 Å². The van der Waals surface area contributed by atoms with E-state index in [0.29, 0.717) is 29.6 Å². The lowest BCUT2D eigenvalue weighted by Gasteiger charge is -2.44. The van der Waals surface area contributed by atoms with E-state index in [-0.39, 0.29) is 6.10 Å². The van der Waals surface area contributed by atoms with E-state index >= 15 is 0 Å². The zero-order chi connectivity index (χ0) is 22.1. The molecule has 3 heteroatoms. The van der Waals surface area contributed by atoms with Crippen LogP contribution in [0.2, 0.25) is 0 Å². The Kier molecular flexibility index (Phi) is 7.37. The Morgan fingerprint density at radius 3 is 2.60 bits per heavy atom. The molecular formula is C27H44O3. The molecule has 0 radical (unpaired) electrons. The first-order chi connectivity index (χ1) is 14.0. The van der Waals surface area contributed by atoms with Crippen LogP contribution in [0.25, 0.3) is 0 Å². The van der Waals surface area contributed by atoms with Gasteiger partial charge in [0.2, 0.25) is 0 Å². The first kappa shape index (κ1) is 23.8. The number of hydrogen-bond donors (Lipinski definition) is 3. The van der Waals surface area contributed by atoms with Gasteiger partial charge in [-0.05, 0) is 107 Å². The Labute approximate surface area is 184 Å². The number of allylic oxidation sites excluding steroid dienone is 4. The molecule has 6 atom stereocenters. The monoisotopic (exact) mass is 416 g/mol.